The number of halogens is 1. The summed E-state index contributed by atoms with van der Waals surface area (Å²) in [5, 5.41) is 11.2. The van der Waals surface area contributed by atoms with E-state index in [9.17, 15) is 10.1 Å². The van der Waals surface area contributed by atoms with Crippen molar-refractivity contribution in [1.29, 1.82) is 0 Å². The van der Waals surface area contributed by atoms with E-state index in [4.69, 9.17) is 21.1 Å². The number of nitrogens with zero attached hydrogens (tertiary/aromatic N) is 1. The number of hydrogen-bond donors (Lipinski definition) is 0. The first kappa shape index (κ1) is 15.1. The maximum atomic E-state index is 10.9. The molecule has 0 aliphatic carbocycles. The highest BCUT2D eigenvalue weighted by molar-refractivity contribution is 6.30. The van der Waals surface area contributed by atoms with Crippen LogP contribution in [0.3, 0.4) is 0 Å². The Kier molecular flexibility index (Phi) is 5.00. The van der Waals surface area contributed by atoms with E-state index in [1.165, 1.54) is 12.1 Å². The normalized spacial score (nSPS) is 10.2. The zero-order valence-electron chi connectivity index (χ0n) is 11.4. The van der Waals surface area contributed by atoms with E-state index in [1.807, 2.05) is 31.2 Å². The third kappa shape index (κ3) is 4.10. The fourth-order valence-corrected chi connectivity index (χ4v) is 1.94. The number of benzene rings is 2. The molecule has 0 aliphatic heterocycles. The monoisotopic (exact) mass is 307 g/mol. The van der Waals surface area contributed by atoms with Gasteiger partial charge in [-0.05, 0) is 30.7 Å². The van der Waals surface area contributed by atoms with Crippen LogP contribution in [0.4, 0.5) is 5.69 Å². The van der Waals surface area contributed by atoms with Crippen LogP contribution in [-0.2, 0) is 0 Å². The van der Waals surface area contributed by atoms with Crippen LogP contribution in [0.2, 0.25) is 5.02 Å². The molecule has 0 atom stereocenters. The molecule has 2 rings (SSSR count). The molecule has 0 bridgehead atoms. The lowest BCUT2D eigenvalue weighted by atomic mass is 10.2. The summed E-state index contributed by atoms with van der Waals surface area (Å²) in [4.78, 5) is 10.4. The second-order valence-electron chi connectivity index (χ2n) is 4.33. The molecule has 2 aromatic carbocycles. The van der Waals surface area contributed by atoms with E-state index in [2.05, 4.69) is 0 Å². The molecular formula is C15H14ClNO4. The lowest BCUT2D eigenvalue weighted by Gasteiger charge is -2.10. The Labute approximate surface area is 127 Å². The van der Waals surface area contributed by atoms with E-state index >= 15 is 0 Å². The van der Waals surface area contributed by atoms with Crippen LogP contribution in [0.5, 0.6) is 11.5 Å². The number of rotatable bonds is 6. The molecule has 0 radical (unpaired) electrons. The molecule has 0 amide bonds. The summed E-state index contributed by atoms with van der Waals surface area (Å²) < 4.78 is 11.0. The van der Waals surface area contributed by atoms with Crippen molar-refractivity contribution < 1.29 is 14.4 Å². The fraction of sp³-hybridized carbons (Fsp3) is 0.200. The molecule has 0 spiro atoms. The maximum absolute atomic E-state index is 10.9. The van der Waals surface area contributed by atoms with Gasteiger partial charge in [0, 0.05) is 11.1 Å². The Morgan fingerprint density at radius 3 is 2.43 bits per heavy atom. The number of hydrogen-bond acceptors (Lipinski definition) is 4. The molecule has 6 heteroatoms. The SMILES string of the molecule is Cc1ccccc1OCCOc1ccc(Cl)cc1[N+](=O)[O-]. The standard InChI is InChI=1S/C15H14ClNO4/c1-11-4-2-3-5-14(11)20-8-9-21-15-7-6-12(16)10-13(15)17(18)19/h2-7,10H,8-9H2,1H3. The van der Waals surface area contributed by atoms with Gasteiger partial charge in [0.1, 0.15) is 19.0 Å². The summed E-state index contributed by atoms with van der Waals surface area (Å²) in [5.41, 5.74) is 0.869. The third-order valence-electron chi connectivity index (χ3n) is 2.81. The van der Waals surface area contributed by atoms with Crippen LogP contribution in [0.1, 0.15) is 5.56 Å². The van der Waals surface area contributed by atoms with Gasteiger partial charge >= 0.3 is 5.69 Å². The predicted octanol–water partition coefficient (Wildman–Crippen LogP) is 4.01. The van der Waals surface area contributed by atoms with E-state index in [-0.39, 0.29) is 18.0 Å². The lowest BCUT2D eigenvalue weighted by Crippen LogP contribution is -2.10. The average Bonchev–Trinajstić information content (AvgIpc) is 2.46. The van der Waals surface area contributed by atoms with E-state index in [0.717, 1.165) is 11.3 Å². The molecule has 0 fully saturated rings. The van der Waals surface area contributed by atoms with Crippen molar-refractivity contribution in [1.82, 2.24) is 0 Å². The Bertz CT molecular complexity index is 645. The van der Waals surface area contributed by atoms with E-state index in [1.54, 1.807) is 6.07 Å². The number of nitro benzene ring substituents is 1. The first-order valence-corrected chi connectivity index (χ1v) is 6.71. The van der Waals surface area contributed by atoms with Crippen molar-refractivity contribution in [3.8, 4) is 11.5 Å². The highest BCUT2D eigenvalue weighted by Gasteiger charge is 2.15. The molecule has 0 heterocycles. The molecule has 2 aromatic rings. The first-order chi connectivity index (χ1) is 10.1. The molecule has 0 saturated heterocycles. The van der Waals surface area contributed by atoms with Gasteiger partial charge in [-0.3, -0.25) is 10.1 Å². The van der Waals surface area contributed by atoms with Gasteiger partial charge in [0.15, 0.2) is 5.75 Å². The number of para-hydroxylation sites is 1. The van der Waals surface area contributed by atoms with Gasteiger partial charge in [0.25, 0.3) is 0 Å². The van der Waals surface area contributed by atoms with Gasteiger partial charge in [0.05, 0.1) is 4.92 Å². The molecule has 0 N–H and O–H groups in total. The Hall–Kier alpha value is -2.27. The van der Waals surface area contributed by atoms with Gasteiger partial charge in [-0.25, -0.2) is 0 Å². The summed E-state index contributed by atoms with van der Waals surface area (Å²) in [6.45, 7) is 2.45. The van der Waals surface area contributed by atoms with Crippen molar-refractivity contribution in [3.05, 3.63) is 63.2 Å². The first-order valence-electron chi connectivity index (χ1n) is 6.33. The van der Waals surface area contributed by atoms with Crippen LogP contribution in [0.25, 0.3) is 0 Å². The molecule has 5 nitrogen and oxygen atoms in total. The summed E-state index contributed by atoms with van der Waals surface area (Å²) in [5.74, 6) is 0.949. The van der Waals surface area contributed by atoms with Crippen molar-refractivity contribution in [3.63, 3.8) is 0 Å². The van der Waals surface area contributed by atoms with Gasteiger partial charge in [-0.1, -0.05) is 29.8 Å². The van der Waals surface area contributed by atoms with Gasteiger partial charge < -0.3 is 9.47 Å². The van der Waals surface area contributed by atoms with Crippen molar-refractivity contribution in [2.24, 2.45) is 0 Å². The third-order valence-corrected chi connectivity index (χ3v) is 3.04. The summed E-state index contributed by atoms with van der Waals surface area (Å²) >= 11 is 5.73. The smallest absolute Gasteiger partial charge is 0.312 e. The van der Waals surface area contributed by atoms with Crippen LogP contribution in [-0.4, -0.2) is 18.1 Å². The summed E-state index contributed by atoms with van der Waals surface area (Å²) in [6, 6.07) is 11.9. The molecule has 0 saturated carbocycles. The van der Waals surface area contributed by atoms with Crippen LogP contribution >= 0.6 is 11.6 Å². The number of nitro groups is 1. The quantitative estimate of drug-likeness (QED) is 0.459. The Morgan fingerprint density at radius 1 is 1.10 bits per heavy atom. The largest absolute Gasteiger partial charge is 0.490 e. The van der Waals surface area contributed by atoms with Crippen LogP contribution < -0.4 is 9.47 Å². The minimum Gasteiger partial charge on any atom is -0.490 e. The Morgan fingerprint density at radius 2 is 1.76 bits per heavy atom. The maximum Gasteiger partial charge on any atom is 0.312 e. The highest BCUT2D eigenvalue weighted by Crippen LogP contribution is 2.29. The number of ether oxygens (including phenoxy) is 2. The zero-order valence-corrected chi connectivity index (χ0v) is 12.2. The molecule has 0 aromatic heterocycles. The van der Waals surface area contributed by atoms with Gasteiger partial charge in [-0.2, -0.15) is 0 Å². The lowest BCUT2D eigenvalue weighted by molar-refractivity contribution is -0.385. The van der Waals surface area contributed by atoms with Crippen molar-refractivity contribution in [2.75, 3.05) is 13.2 Å². The molecular weight excluding hydrogens is 294 g/mol. The summed E-state index contributed by atoms with van der Waals surface area (Å²) in [6.07, 6.45) is 0. The predicted molar refractivity (Wildman–Crippen MR) is 80.3 cm³/mol. The second kappa shape index (κ2) is 6.95. The van der Waals surface area contributed by atoms with Crippen molar-refractivity contribution in [2.45, 2.75) is 6.92 Å². The highest BCUT2D eigenvalue weighted by atomic mass is 35.5. The summed E-state index contributed by atoms with van der Waals surface area (Å²) in [7, 11) is 0. The zero-order chi connectivity index (χ0) is 15.2. The van der Waals surface area contributed by atoms with Gasteiger partial charge in [-0.15, -0.1) is 0 Å². The van der Waals surface area contributed by atoms with Gasteiger partial charge in [0.2, 0.25) is 0 Å². The van der Waals surface area contributed by atoms with Crippen LogP contribution in [0.15, 0.2) is 42.5 Å². The minimum atomic E-state index is -0.524. The second-order valence-corrected chi connectivity index (χ2v) is 4.77. The molecule has 21 heavy (non-hydrogen) atoms. The molecule has 0 aliphatic rings. The fourth-order valence-electron chi connectivity index (χ4n) is 1.78. The Balaban J connectivity index is 1.92. The van der Waals surface area contributed by atoms with E-state index < -0.39 is 4.92 Å². The topological polar surface area (TPSA) is 61.6 Å². The van der Waals surface area contributed by atoms with E-state index in [0.29, 0.717) is 11.6 Å². The minimum absolute atomic E-state index is 0.154. The van der Waals surface area contributed by atoms with Crippen LogP contribution in [0, 0.1) is 17.0 Å². The van der Waals surface area contributed by atoms with Crippen molar-refractivity contribution >= 4 is 17.3 Å². The molecule has 0 unspecified atom stereocenters. The average molecular weight is 308 g/mol. The number of aryl methyl sites for hydroxylation is 1. The molecule has 110 valence electrons.